The van der Waals surface area contributed by atoms with Gasteiger partial charge in [0.1, 0.15) is 6.10 Å². The molecule has 1 unspecified atom stereocenters. The van der Waals surface area contributed by atoms with Crippen molar-refractivity contribution in [1.82, 2.24) is 9.55 Å². The molecular weight excluding hydrogens is 351 g/mol. The minimum absolute atomic E-state index is 0.0287. The number of rotatable bonds is 10. The first-order valence-corrected chi connectivity index (χ1v) is 9.86. The fourth-order valence-corrected chi connectivity index (χ4v) is 2.38. The van der Waals surface area contributed by atoms with E-state index in [0.717, 1.165) is 5.82 Å². The number of H-pyrrole nitrogens is 1. The zero-order chi connectivity index (χ0) is 19.0. The highest BCUT2D eigenvalue weighted by atomic mass is 31.2. The molecule has 9 nitrogen and oxygen atoms in total. The molecule has 10 heteroatoms. The molecule has 0 aliphatic heterocycles. The third kappa shape index (κ3) is 8.42. The number of hydrogen-bond donors (Lipinski definition) is 2. The van der Waals surface area contributed by atoms with Gasteiger partial charge < -0.3 is 19.1 Å². The van der Waals surface area contributed by atoms with Gasteiger partial charge in [0.15, 0.2) is 6.23 Å². The topological polar surface area (TPSA) is 120 Å². The van der Waals surface area contributed by atoms with Crippen LogP contribution in [0, 0.1) is 0 Å². The number of nitrogens with zero attached hydrogens (tertiary/aromatic N) is 1. The molecule has 0 spiro atoms. The maximum Gasteiger partial charge on any atom is 0.330 e. The van der Waals surface area contributed by atoms with Crippen LogP contribution in [-0.4, -0.2) is 53.6 Å². The third-order valence-corrected chi connectivity index (χ3v) is 3.70. The second-order valence-corrected chi connectivity index (χ2v) is 7.95. The minimum Gasteiger partial charge on any atom is -0.380 e. The second-order valence-electron chi connectivity index (χ2n) is 5.77. The van der Waals surface area contributed by atoms with E-state index in [0.29, 0.717) is 0 Å². The number of ether oxygens (including phenoxy) is 3. The van der Waals surface area contributed by atoms with E-state index in [-0.39, 0.29) is 19.3 Å². The molecule has 2 N–H and O–H groups in total. The fourth-order valence-electron chi connectivity index (χ4n) is 1.87. The van der Waals surface area contributed by atoms with Crippen molar-refractivity contribution in [2.75, 3.05) is 27.0 Å². The van der Waals surface area contributed by atoms with Gasteiger partial charge in [0, 0.05) is 26.0 Å². The van der Waals surface area contributed by atoms with Gasteiger partial charge in [0.2, 0.25) is 7.37 Å². The van der Waals surface area contributed by atoms with Gasteiger partial charge in [-0.1, -0.05) is 0 Å². The minimum atomic E-state index is -3.38. The van der Waals surface area contributed by atoms with Crippen molar-refractivity contribution >= 4 is 7.37 Å². The molecule has 0 aromatic carbocycles. The predicted octanol–water partition coefficient (Wildman–Crippen LogP) is 0.906. The first-order chi connectivity index (χ1) is 11.6. The van der Waals surface area contributed by atoms with Crippen LogP contribution in [-0.2, 0) is 18.8 Å². The standard InChI is InChI=1S/C15H25N2O7P/c1-11(2)23-9-12(6-8-25(4,20)21)24-14(10-22-3)17-7-5-13(18)16-15(17)19/h5-8,11-12,14H,9-10H2,1-4H3,(H,20,21)(H,16,18,19)/b8-6+/t12-,14-/m1/s1. The van der Waals surface area contributed by atoms with Crippen LogP contribution in [0.1, 0.15) is 20.1 Å². The van der Waals surface area contributed by atoms with Crippen LogP contribution >= 0.6 is 7.37 Å². The van der Waals surface area contributed by atoms with Crippen LogP contribution in [0.3, 0.4) is 0 Å². The van der Waals surface area contributed by atoms with E-state index in [1.54, 1.807) is 0 Å². The Morgan fingerprint density at radius 2 is 2.04 bits per heavy atom. The summed E-state index contributed by atoms with van der Waals surface area (Å²) in [6.07, 6.45) is 1.10. The largest absolute Gasteiger partial charge is 0.380 e. The summed E-state index contributed by atoms with van der Waals surface area (Å²) >= 11 is 0. The Morgan fingerprint density at radius 1 is 1.36 bits per heavy atom. The van der Waals surface area contributed by atoms with Crippen LogP contribution < -0.4 is 11.2 Å². The summed E-state index contributed by atoms with van der Waals surface area (Å²) in [4.78, 5) is 34.7. The number of aromatic nitrogens is 2. The molecule has 0 saturated carbocycles. The van der Waals surface area contributed by atoms with E-state index in [9.17, 15) is 19.0 Å². The number of aromatic amines is 1. The van der Waals surface area contributed by atoms with Crippen molar-refractivity contribution in [3.63, 3.8) is 0 Å². The number of hydrogen-bond acceptors (Lipinski definition) is 6. The average molecular weight is 376 g/mol. The van der Waals surface area contributed by atoms with Crippen LogP contribution in [0.2, 0.25) is 0 Å². The Kier molecular flexibility index (Phi) is 8.47. The molecule has 0 amide bonds. The summed E-state index contributed by atoms with van der Waals surface area (Å²) in [5.74, 6) is 1.15. The smallest absolute Gasteiger partial charge is 0.330 e. The van der Waals surface area contributed by atoms with Gasteiger partial charge in [-0.3, -0.25) is 18.9 Å². The van der Waals surface area contributed by atoms with Gasteiger partial charge in [-0.25, -0.2) is 4.79 Å². The Labute approximate surface area is 145 Å². The van der Waals surface area contributed by atoms with E-state index in [1.165, 1.54) is 36.7 Å². The van der Waals surface area contributed by atoms with Gasteiger partial charge in [-0.05, 0) is 25.7 Å². The third-order valence-electron chi connectivity index (χ3n) is 2.97. The van der Waals surface area contributed by atoms with Crippen LogP contribution in [0.5, 0.6) is 0 Å². The Morgan fingerprint density at radius 3 is 2.56 bits per heavy atom. The predicted molar refractivity (Wildman–Crippen MR) is 93.1 cm³/mol. The quantitative estimate of drug-likeness (QED) is 0.582. The van der Waals surface area contributed by atoms with Gasteiger partial charge in [-0.2, -0.15) is 0 Å². The van der Waals surface area contributed by atoms with Crippen LogP contribution in [0.15, 0.2) is 33.7 Å². The van der Waals surface area contributed by atoms with Crippen molar-refractivity contribution in [3.05, 3.63) is 45.0 Å². The summed E-state index contributed by atoms with van der Waals surface area (Å²) in [6.45, 7) is 5.03. The van der Waals surface area contributed by atoms with Gasteiger partial charge in [0.25, 0.3) is 5.56 Å². The SMILES string of the molecule is COC[C@@H](O[C@H](/C=C/P(C)(=O)O)COC(C)C)n1ccc(=O)[nH]c1=O. The Hall–Kier alpha value is -1.51. The van der Waals surface area contributed by atoms with Crippen molar-refractivity contribution in [2.45, 2.75) is 32.3 Å². The van der Waals surface area contributed by atoms with Gasteiger partial charge in [-0.15, -0.1) is 0 Å². The highest BCUT2D eigenvalue weighted by Crippen LogP contribution is 2.37. The molecule has 0 fully saturated rings. The Balaban J connectivity index is 3.05. The Bertz CT molecular complexity index is 719. The molecule has 3 atom stereocenters. The first kappa shape index (κ1) is 21.5. The molecule has 1 aromatic rings. The lowest BCUT2D eigenvalue weighted by Crippen LogP contribution is -2.36. The highest BCUT2D eigenvalue weighted by Gasteiger charge is 2.19. The van der Waals surface area contributed by atoms with Gasteiger partial charge >= 0.3 is 5.69 Å². The summed E-state index contributed by atoms with van der Waals surface area (Å²) in [5, 5.41) is 0. The molecule has 25 heavy (non-hydrogen) atoms. The summed E-state index contributed by atoms with van der Waals surface area (Å²) < 4.78 is 29.0. The lowest BCUT2D eigenvalue weighted by molar-refractivity contribution is -0.102. The molecule has 0 bridgehead atoms. The normalized spacial score (nSPS) is 16.9. The maximum atomic E-state index is 12.0. The molecule has 0 aliphatic rings. The molecule has 0 saturated heterocycles. The van der Waals surface area contributed by atoms with Crippen molar-refractivity contribution in [3.8, 4) is 0 Å². The van der Waals surface area contributed by atoms with Crippen molar-refractivity contribution in [1.29, 1.82) is 0 Å². The van der Waals surface area contributed by atoms with E-state index in [4.69, 9.17) is 14.2 Å². The molecule has 1 heterocycles. The molecular formula is C15H25N2O7P. The highest BCUT2D eigenvalue weighted by molar-refractivity contribution is 7.60. The summed E-state index contributed by atoms with van der Waals surface area (Å²) in [7, 11) is -1.94. The van der Waals surface area contributed by atoms with Crippen LogP contribution in [0.4, 0.5) is 0 Å². The molecule has 1 aromatic heterocycles. The lowest BCUT2D eigenvalue weighted by Gasteiger charge is -2.24. The van der Waals surface area contributed by atoms with Crippen molar-refractivity contribution < 1.29 is 23.7 Å². The van der Waals surface area contributed by atoms with E-state index in [2.05, 4.69) is 4.98 Å². The summed E-state index contributed by atoms with van der Waals surface area (Å²) in [5.41, 5.74) is -1.17. The van der Waals surface area contributed by atoms with E-state index < -0.39 is 30.9 Å². The zero-order valence-corrected chi connectivity index (χ0v) is 15.6. The molecule has 0 radical (unpaired) electrons. The van der Waals surface area contributed by atoms with Crippen molar-refractivity contribution in [2.24, 2.45) is 0 Å². The fraction of sp³-hybridized carbons (Fsp3) is 0.600. The average Bonchev–Trinajstić information content (AvgIpc) is 2.48. The number of nitrogens with one attached hydrogen (secondary N) is 1. The second kappa shape index (κ2) is 9.84. The van der Waals surface area contributed by atoms with E-state index in [1.807, 2.05) is 13.8 Å². The molecule has 1 rings (SSSR count). The van der Waals surface area contributed by atoms with Gasteiger partial charge in [0.05, 0.1) is 19.3 Å². The van der Waals surface area contributed by atoms with E-state index >= 15 is 0 Å². The van der Waals surface area contributed by atoms with Crippen LogP contribution in [0.25, 0.3) is 0 Å². The first-order valence-electron chi connectivity index (χ1n) is 7.69. The molecule has 142 valence electrons. The summed E-state index contributed by atoms with van der Waals surface area (Å²) in [6, 6.07) is 1.19. The monoisotopic (exact) mass is 376 g/mol. The lowest BCUT2D eigenvalue weighted by atomic mass is 10.3. The zero-order valence-electron chi connectivity index (χ0n) is 14.7. The number of methoxy groups -OCH3 is 1. The maximum absolute atomic E-state index is 12.0. The molecule has 0 aliphatic carbocycles.